The number of amides is 1. The maximum atomic E-state index is 13.4. The van der Waals surface area contributed by atoms with Crippen LogP contribution in [0.15, 0.2) is 24.3 Å². The van der Waals surface area contributed by atoms with Crippen molar-refractivity contribution in [2.75, 3.05) is 19.6 Å². The van der Waals surface area contributed by atoms with Crippen LogP contribution in [-0.2, 0) is 4.79 Å². The molecule has 2 rings (SSSR count). The lowest BCUT2D eigenvalue weighted by atomic mass is 10.1. The van der Waals surface area contributed by atoms with Crippen molar-refractivity contribution in [3.63, 3.8) is 0 Å². The molecule has 0 aliphatic carbocycles. The zero-order valence-corrected chi connectivity index (χ0v) is 10.0. The van der Waals surface area contributed by atoms with Crippen LogP contribution in [0.3, 0.4) is 0 Å². The second-order valence-electron chi connectivity index (χ2n) is 4.47. The Bertz CT molecular complexity index is 419. The summed E-state index contributed by atoms with van der Waals surface area (Å²) in [5, 5.41) is 15.6. The normalized spacial score (nSPS) is 20.7. The first-order valence-electron chi connectivity index (χ1n) is 6.09. The minimum absolute atomic E-state index is 0.0380. The van der Waals surface area contributed by atoms with Crippen molar-refractivity contribution in [2.24, 2.45) is 5.92 Å². The number of benzene rings is 1. The van der Waals surface area contributed by atoms with Crippen molar-refractivity contribution in [3.05, 3.63) is 35.6 Å². The molecule has 18 heavy (non-hydrogen) atoms. The fourth-order valence-corrected chi connectivity index (χ4v) is 2.08. The Kier molecular flexibility index (Phi) is 4.28. The molecule has 0 spiro atoms. The summed E-state index contributed by atoms with van der Waals surface area (Å²) < 4.78 is 13.4. The minimum Gasteiger partial charge on any atom is -0.386 e. The number of halogens is 1. The van der Waals surface area contributed by atoms with E-state index in [0.717, 1.165) is 13.0 Å². The largest absolute Gasteiger partial charge is 0.386 e. The number of nitrogens with one attached hydrogen (secondary N) is 2. The first-order valence-corrected chi connectivity index (χ1v) is 6.09. The van der Waals surface area contributed by atoms with Crippen molar-refractivity contribution in [2.45, 2.75) is 12.5 Å². The van der Waals surface area contributed by atoms with Crippen LogP contribution in [0.2, 0.25) is 0 Å². The van der Waals surface area contributed by atoms with E-state index >= 15 is 0 Å². The quantitative estimate of drug-likeness (QED) is 0.735. The highest BCUT2D eigenvalue weighted by molar-refractivity contribution is 5.79. The van der Waals surface area contributed by atoms with E-state index < -0.39 is 11.9 Å². The Hall–Kier alpha value is -1.46. The number of rotatable bonds is 4. The monoisotopic (exact) mass is 252 g/mol. The van der Waals surface area contributed by atoms with Gasteiger partial charge in [0, 0.05) is 18.7 Å². The highest BCUT2D eigenvalue weighted by Gasteiger charge is 2.23. The summed E-state index contributed by atoms with van der Waals surface area (Å²) in [4.78, 5) is 11.7. The van der Waals surface area contributed by atoms with Crippen molar-refractivity contribution < 1.29 is 14.3 Å². The number of aliphatic hydroxyl groups is 1. The molecule has 0 unspecified atom stereocenters. The zero-order chi connectivity index (χ0) is 13.0. The van der Waals surface area contributed by atoms with Crippen LogP contribution < -0.4 is 10.6 Å². The number of carbonyl (C=O) groups is 1. The minimum atomic E-state index is -1.01. The molecule has 2 atom stereocenters. The van der Waals surface area contributed by atoms with E-state index in [1.54, 1.807) is 12.1 Å². The first kappa shape index (κ1) is 13.0. The Morgan fingerprint density at radius 1 is 1.56 bits per heavy atom. The van der Waals surface area contributed by atoms with Gasteiger partial charge in [0.2, 0.25) is 5.91 Å². The second kappa shape index (κ2) is 5.93. The number of carbonyl (C=O) groups excluding carboxylic acids is 1. The van der Waals surface area contributed by atoms with Crippen LogP contribution in [0.5, 0.6) is 0 Å². The molecule has 0 bridgehead atoms. The van der Waals surface area contributed by atoms with E-state index in [1.807, 2.05) is 0 Å². The van der Waals surface area contributed by atoms with Gasteiger partial charge < -0.3 is 15.7 Å². The molecular weight excluding hydrogens is 235 g/mol. The summed E-state index contributed by atoms with van der Waals surface area (Å²) in [6.45, 7) is 1.55. The second-order valence-corrected chi connectivity index (χ2v) is 4.47. The van der Waals surface area contributed by atoms with Crippen LogP contribution in [0.25, 0.3) is 0 Å². The van der Waals surface area contributed by atoms with Crippen molar-refractivity contribution in [3.8, 4) is 0 Å². The van der Waals surface area contributed by atoms with Gasteiger partial charge in [0.05, 0.1) is 12.0 Å². The summed E-state index contributed by atoms with van der Waals surface area (Å²) in [5.41, 5.74) is 0.211. The highest BCUT2D eigenvalue weighted by atomic mass is 19.1. The molecule has 4 nitrogen and oxygen atoms in total. The maximum absolute atomic E-state index is 13.4. The summed E-state index contributed by atoms with van der Waals surface area (Å²) in [6, 6.07) is 6.03. The van der Waals surface area contributed by atoms with Gasteiger partial charge in [-0.15, -0.1) is 0 Å². The maximum Gasteiger partial charge on any atom is 0.224 e. The van der Waals surface area contributed by atoms with E-state index in [1.165, 1.54) is 12.1 Å². The van der Waals surface area contributed by atoms with Gasteiger partial charge in [-0.3, -0.25) is 4.79 Å². The van der Waals surface area contributed by atoms with Gasteiger partial charge in [0.15, 0.2) is 0 Å². The van der Waals surface area contributed by atoms with E-state index in [4.69, 9.17) is 0 Å². The lowest BCUT2D eigenvalue weighted by Crippen LogP contribution is -2.34. The average Bonchev–Trinajstić information content (AvgIpc) is 2.90. The lowest BCUT2D eigenvalue weighted by molar-refractivity contribution is -0.124. The predicted molar refractivity (Wildman–Crippen MR) is 65.3 cm³/mol. The predicted octanol–water partition coefficient (Wildman–Crippen LogP) is 0.585. The summed E-state index contributed by atoms with van der Waals surface area (Å²) in [6.07, 6.45) is -0.203. The average molecular weight is 252 g/mol. The SMILES string of the molecule is O=C(NC[C@H](O)c1ccccc1F)[C@H]1CCNC1. The van der Waals surface area contributed by atoms with Crippen LogP contribution in [-0.4, -0.2) is 30.6 Å². The highest BCUT2D eigenvalue weighted by Crippen LogP contribution is 2.16. The van der Waals surface area contributed by atoms with Crippen molar-refractivity contribution in [1.29, 1.82) is 0 Å². The lowest BCUT2D eigenvalue weighted by Gasteiger charge is -2.15. The molecule has 1 amide bonds. The molecule has 1 heterocycles. The van der Waals surface area contributed by atoms with Gasteiger partial charge in [0.1, 0.15) is 5.82 Å². The fourth-order valence-electron chi connectivity index (χ4n) is 2.08. The zero-order valence-electron chi connectivity index (χ0n) is 10.0. The van der Waals surface area contributed by atoms with Gasteiger partial charge >= 0.3 is 0 Å². The fraction of sp³-hybridized carbons (Fsp3) is 0.462. The Labute approximate surface area is 105 Å². The molecule has 1 fully saturated rings. The molecule has 1 aliphatic rings. The number of hydrogen-bond donors (Lipinski definition) is 3. The molecule has 1 saturated heterocycles. The standard InChI is InChI=1S/C13H17FN2O2/c14-11-4-2-1-3-10(11)12(17)8-16-13(18)9-5-6-15-7-9/h1-4,9,12,15,17H,5-8H2,(H,16,18)/t9-,12-/m0/s1. The van der Waals surface area contributed by atoms with Crippen LogP contribution in [0.1, 0.15) is 18.1 Å². The molecule has 5 heteroatoms. The first-order chi connectivity index (χ1) is 8.68. The third-order valence-corrected chi connectivity index (χ3v) is 3.16. The van der Waals surface area contributed by atoms with Gasteiger partial charge in [-0.1, -0.05) is 18.2 Å². The van der Waals surface area contributed by atoms with Gasteiger partial charge in [0.25, 0.3) is 0 Å². The summed E-state index contributed by atoms with van der Waals surface area (Å²) in [5.74, 6) is -0.588. The van der Waals surface area contributed by atoms with Crippen LogP contribution >= 0.6 is 0 Å². The molecule has 1 aromatic carbocycles. The molecular formula is C13H17FN2O2. The Balaban J connectivity index is 1.86. The molecule has 1 aliphatic heterocycles. The smallest absolute Gasteiger partial charge is 0.224 e. The molecule has 0 radical (unpaired) electrons. The van der Waals surface area contributed by atoms with Crippen molar-refractivity contribution >= 4 is 5.91 Å². The molecule has 3 N–H and O–H groups in total. The number of aliphatic hydroxyl groups excluding tert-OH is 1. The van der Waals surface area contributed by atoms with Gasteiger partial charge in [-0.05, 0) is 19.0 Å². The molecule has 0 saturated carbocycles. The third-order valence-electron chi connectivity index (χ3n) is 3.16. The van der Waals surface area contributed by atoms with Crippen LogP contribution in [0.4, 0.5) is 4.39 Å². The Morgan fingerprint density at radius 2 is 2.33 bits per heavy atom. The topological polar surface area (TPSA) is 61.4 Å². The van der Waals surface area contributed by atoms with Gasteiger partial charge in [-0.25, -0.2) is 4.39 Å². The van der Waals surface area contributed by atoms with E-state index in [9.17, 15) is 14.3 Å². The Morgan fingerprint density at radius 3 is 3.00 bits per heavy atom. The molecule has 0 aromatic heterocycles. The third kappa shape index (κ3) is 3.05. The van der Waals surface area contributed by atoms with E-state index in [-0.39, 0.29) is 23.9 Å². The summed E-state index contributed by atoms with van der Waals surface area (Å²) >= 11 is 0. The van der Waals surface area contributed by atoms with Gasteiger partial charge in [-0.2, -0.15) is 0 Å². The van der Waals surface area contributed by atoms with E-state index in [2.05, 4.69) is 10.6 Å². The van der Waals surface area contributed by atoms with Crippen molar-refractivity contribution in [1.82, 2.24) is 10.6 Å². The molecule has 1 aromatic rings. The number of hydrogen-bond acceptors (Lipinski definition) is 3. The van der Waals surface area contributed by atoms with E-state index in [0.29, 0.717) is 6.54 Å². The molecule has 98 valence electrons. The summed E-state index contributed by atoms with van der Waals surface area (Å²) in [7, 11) is 0. The van der Waals surface area contributed by atoms with Crippen LogP contribution in [0, 0.1) is 11.7 Å².